The summed E-state index contributed by atoms with van der Waals surface area (Å²) < 4.78 is 24.4. The summed E-state index contributed by atoms with van der Waals surface area (Å²) in [5.74, 6) is -1.88. The first-order valence-electron chi connectivity index (χ1n) is 6.21. The smallest absolute Gasteiger partial charge is 0.326 e. The molecule has 1 aromatic rings. The first-order valence-corrected chi connectivity index (χ1v) is 8.11. The van der Waals surface area contributed by atoms with Crippen molar-refractivity contribution in [2.24, 2.45) is 5.92 Å². The Morgan fingerprint density at radius 2 is 1.67 bits per heavy atom. The van der Waals surface area contributed by atoms with Crippen molar-refractivity contribution in [3.63, 3.8) is 0 Å². The van der Waals surface area contributed by atoms with Crippen LogP contribution in [0.25, 0.3) is 0 Å². The number of sulfonamides is 1. The Hall–Kier alpha value is -2.09. The molecule has 0 saturated heterocycles. The van der Waals surface area contributed by atoms with Crippen LogP contribution in [0.4, 0.5) is 5.69 Å². The summed E-state index contributed by atoms with van der Waals surface area (Å²) in [5, 5.41) is 11.4. The van der Waals surface area contributed by atoms with E-state index in [1.165, 1.54) is 24.3 Å². The van der Waals surface area contributed by atoms with Gasteiger partial charge in [0.25, 0.3) is 5.91 Å². The molecule has 7 nitrogen and oxygen atoms in total. The number of carbonyl (C=O) groups excluding carboxylic acids is 1. The number of carboxylic acid groups (broad SMARTS) is 1. The molecule has 116 valence electrons. The summed E-state index contributed by atoms with van der Waals surface area (Å²) in [4.78, 5) is 23.0. The molecule has 1 amide bonds. The van der Waals surface area contributed by atoms with Crippen molar-refractivity contribution in [3.05, 3.63) is 29.8 Å². The minimum absolute atomic E-state index is 0.251. The molecule has 8 heteroatoms. The topological polar surface area (TPSA) is 113 Å². The van der Waals surface area contributed by atoms with Gasteiger partial charge >= 0.3 is 5.97 Å². The van der Waals surface area contributed by atoms with Crippen molar-refractivity contribution in [2.75, 3.05) is 11.0 Å². The van der Waals surface area contributed by atoms with Crippen molar-refractivity contribution in [3.8, 4) is 0 Å². The lowest BCUT2D eigenvalue weighted by Gasteiger charge is -2.17. The minimum atomic E-state index is -3.38. The van der Waals surface area contributed by atoms with Crippen LogP contribution >= 0.6 is 0 Å². The summed E-state index contributed by atoms with van der Waals surface area (Å²) in [5.41, 5.74) is 0.577. The van der Waals surface area contributed by atoms with E-state index in [9.17, 15) is 18.0 Å². The van der Waals surface area contributed by atoms with Gasteiger partial charge in [0, 0.05) is 11.3 Å². The molecule has 1 atom stereocenters. The molecule has 0 aromatic heterocycles. The van der Waals surface area contributed by atoms with Crippen LogP contribution in [0, 0.1) is 5.92 Å². The van der Waals surface area contributed by atoms with E-state index in [0.717, 1.165) is 6.26 Å². The zero-order valence-electron chi connectivity index (χ0n) is 12.0. The highest BCUT2D eigenvalue weighted by molar-refractivity contribution is 7.92. The van der Waals surface area contributed by atoms with E-state index in [4.69, 9.17) is 5.11 Å². The lowest BCUT2D eigenvalue weighted by molar-refractivity contribution is -0.140. The highest BCUT2D eigenvalue weighted by Crippen LogP contribution is 2.11. The van der Waals surface area contributed by atoms with Gasteiger partial charge in [-0.05, 0) is 30.2 Å². The minimum Gasteiger partial charge on any atom is -0.480 e. The number of hydrogen-bond donors (Lipinski definition) is 3. The average Bonchev–Trinajstić information content (AvgIpc) is 2.33. The van der Waals surface area contributed by atoms with Crippen molar-refractivity contribution in [1.29, 1.82) is 0 Å². The fourth-order valence-electron chi connectivity index (χ4n) is 1.64. The van der Waals surface area contributed by atoms with Crippen molar-refractivity contribution in [2.45, 2.75) is 19.9 Å². The molecule has 0 heterocycles. The normalized spacial score (nSPS) is 12.8. The largest absolute Gasteiger partial charge is 0.480 e. The number of carbonyl (C=O) groups is 2. The van der Waals surface area contributed by atoms with Crippen LogP contribution in [0.15, 0.2) is 24.3 Å². The van der Waals surface area contributed by atoms with Crippen LogP contribution in [0.2, 0.25) is 0 Å². The molecule has 0 aliphatic heterocycles. The Bertz CT molecular complexity index is 622. The maximum atomic E-state index is 11.9. The molecule has 0 unspecified atom stereocenters. The van der Waals surface area contributed by atoms with E-state index >= 15 is 0 Å². The number of carboxylic acids is 1. The average molecular weight is 314 g/mol. The fraction of sp³-hybridized carbons (Fsp3) is 0.385. The first-order chi connectivity index (χ1) is 9.60. The first kappa shape index (κ1) is 17.0. The van der Waals surface area contributed by atoms with E-state index in [1.807, 2.05) is 0 Å². The van der Waals surface area contributed by atoms with Gasteiger partial charge in [-0.2, -0.15) is 0 Å². The summed E-state index contributed by atoms with van der Waals surface area (Å²) in [6.07, 6.45) is 1.02. The number of nitrogens with one attached hydrogen (secondary N) is 2. The van der Waals surface area contributed by atoms with Gasteiger partial charge in [0.2, 0.25) is 10.0 Å². The monoisotopic (exact) mass is 314 g/mol. The third-order valence-corrected chi connectivity index (χ3v) is 3.28. The molecule has 0 bridgehead atoms. The van der Waals surface area contributed by atoms with Gasteiger partial charge in [-0.3, -0.25) is 9.52 Å². The molecule has 0 aliphatic carbocycles. The van der Waals surface area contributed by atoms with E-state index in [2.05, 4.69) is 10.0 Å². The third kappa shape index (κ3) is 5.42. The molecule has 0 spiro atoms. The van der Waals surface area contributed by atoms with Crippen LogP contribution in [0.1, 0.15) is 24.2 Å². The number of anilines is 1. The van der Waals surface area contributed by atoms with Crippen LogP contribution in [0.5, 0.6) is 0 Å². The molecular formula is C13H18N2O5S. The highest BCUT2D eigenvalue weighted by Gasteiger charge is 2.23. The molecule has 0 aliphatic rings. The van der Waals surface area contributed by atoms with E-state index in [0.29, 0.717) is 5.69 Å². The molecule has 1 aromatic carbocycles. The standard InChI is InChI=1S/C13H18N2O5S/c1-8(2)11(13(17)18)14-12(16)9-4-6-10(7-5-9)15-21(3,19)20/h4-8,11,15H,1-3H3,(H,14,16)(H,17,18)/t11-/m0/s1. The molecule has 0 saturated carbocycles. The van der Waals surface area contributed by atoms with Crippen molar-refractivity contribution < 1.29 is 23.1 Å². The van der Waals surface area contributed by atoms with Gasteiger partial charge in [0.15, 0.2) is 0 Å². The van der Waals surface area contributed by atoms with Gasteiger partial charge in [-0.25, -0.2) is 13.2 Å². The fourth-order valence-corrected chi connectivity index (χ4v) is 2.21. The molecule has 21 heavy (non-hydrogen) atoms. The molecular weight excluding hydrogens is 296 g/mol. The molecule has 1 rings (SSSR count). The predicted molar refractivity (Wildman–Crippen MR) is 78.6 cm³/mol. The number of aliphatic carboxylic acids is 1. The molecule has 3 N–H and O–H groups in total. The van der Waals surface area contributed by atoms with Gasteiger partial charge in [0.05, 0.1) is 6.26 Å². The number of rotatable bonds is 6. The summed E-state index contributed by atoms with van der Waals surface area (Å²) in [6.45, 7) is 3.39. The zero-order valence-corrected chi connectivity index (χ0v) is 12.8. The number of hydrogen-bond acceptors (Lipinski definition) is 4. The second-order valence-corrected chi connectivity index (χ2v) is 6.73. The second-order valence-electron chi connectivity index (χ2n) is 4.98. The highest BCUT2D eigenvalue weighted by atomic mass is 32.2. The van der Waals surface area contributed by atoms with Crippen molar-refractivity contribution >= 4 is 27.6 Å². The van der Waals surface area contributed by atoms with Gasteiger partial charge in [-0.1, -0.05) is 13.8 Å². The van der Waals surface area contributed by atoms with E-state index in [1.54, 1.807) is 13.8 Å². The SMILES string of the molecule is CC(C)[C@H](NC(=O)c1ccc(NS(C)(=O)=O)cc1)C(=O)O. The van der Waals surface area contributed by atoms with Crippen LogP contribution in [-0.2, 0) is 14.8 Å². The Labute approximate surface area is 123 Å². The van der Waals surface area contributed by atoms with Crippen LogP contribution < -0.4 is 10.0 Å². The van der Waals surface area contributed by atoms with E-state index < -0.39 is 27.9 Å². The van der Waals surface area contributed by atoms with Crippen LogP contribution in [0.3, 0.4) is 0 Å². The Kier molecular flexibility index (Phi) is 5.31. The summed E-state index contributed by atoms with van der Waals surface area (Å²) in [6, 6.07) is 4.72. The van der Waals surface area contributed by atoms with Crippen LogP contribution in [-0.4, -0.2) is 37.7 Å². The lowest BCUT2D eigenvalue weighted by atomic mass is 10.0. The molecule has 0 radical (unpaired) electrons. The Morgan fingerprint density at radius 1 is 1.14 bits per heavy atom. The second kappa shape index (κ2) is 6.57. The Morgan fingerprint density at radius 3 is 2.05 bits per heavy atom. The summed E-state index contributed by atoms with van der Waals surface area (Å²) in [7, 11) is -3.38. The molecule has 0 fully saturated rings. The third-order valence-electron chi connectivity index (χ3n) is 2.67. The van der Waals surface area contributed by atoms with Gasteiger partial charge in [-0.15, -0.1) is 0 Å². The zero-order chi connectivity index (χ0) is 16.2. The maximum absolute atomic E-state index is 11.9. The van der Waals surface area contributed by atoms with Crippen molar-refractivity contribution in [1.82, 2.24) is 5.32 Å². The van der Waals surface area contributed by atoms with Gasteiger partial charge < -0.3 is 10.4 Å². The van der Waals surface area contributed by atoms with E-state index in [-0.39, 0.29) is 11.5 Å². The quantitative estimate of drug-likeness (QED) is 0.722. The van der Waals surface area contributed by atoms with Gasteiger partial charge in [0.1, 0.15) is 6.04 Å². The maximum Gasteiger partial charge on any atom is 0.326 e. The predicted octanol–water partition coefficient (Wildman–Crippen LogP) is 0.897. The number of amides is 1. The Balaban J connectivity index is 2.82. The number of benzene rings is 1. The lowest BCUT2D eigenvalue weighted by Crippen LogP contribution is -2.44. The summed E-state index contributed by atoms with van der Waals surface area (Å²) >= 11 is 0.